The number of rotatable bonds is 3. The van der Waals surface area contributed by atoms with E-state index in [0.717, 1.165) is 19.6 Å². The topological polar surface area (TPSA) is 18.5 Å². The van der Waals surface area contributed by atoms with E-state index in [-0.39, 0.29) is 0 Å². The first-order valence-electron chi connectivity index (χ1n) is 7.70. The second-order valence-corrected chi connectivity index (χ2v) is 5.72. The molecule has 0 aliphatic carbocycles. The van der Waals surface area contributed by atoms with Gasteiger partial charge in [0.15, 0.2) is 0 Å². The van der Waals surface area contributed by atoms with Crippen LogP contribution >= 0.6 is 0 Å². The maximum Gasteiger partial charge on any atom is 0.0368 e. The molecule has 2 aliphatic heterocycles. The molecule has 1 aromatic rings. The maximum atomic E-state index is 3.57. The zero-order valence-electron chi connectivity index (χ0n) is 11.9. The lowest BCUT2D eigenvalue weighted by atomic mass is 10.1. The Morgan fingerprint density at radius 3 is 2.26 bits per heavy atom. The fourth-order valence-corrected chi connectivity index (χ4v) is 3.18. The Labute approximate surface area is 116 Å². The van der Waals surface area contributed by atoms with E-state index < -0.39 is 0 Å². The van der Waals surface area contributed by atoms with Gasteiger partial charge in [-0.25, -0.2) is 0 Å². The van der Waals surface area contributed by atoms with Crippen molar-refractivity contribution in [2.45, 2.75) is 32.2 Å². The van der Waals surface area contributed by atoms with Crippen molar-refractivity contribution >= 4 is 11.4 Å². The Morgan fingerprint density at radius 2 is 1.63 bits per heavy atom. The van der Waals surface area contributed by atoms with Gasteiger partial charge < -0.3 is 15.1 Å². The summed E-state index contributed by atoms with van der Waals surface area (Å²) in [6.07, 6.45) is 3.90. The van der Waals surface area contributed by atoms with E-state index in [1.165, 1.54) is 43.7 Å². The van der Waals surface area contributed by atoms with Gasteiger partial charge in [0.05, 0.1) is 0 Å². The molecule has 2 heterocycles. The number of benzene rings is 1. The van der Waals surface area contributed by atoms with E-state index in [4.69, 9.17) is 0 Å². The average Bonchev–Trinajstić information content (AvgIpc) is 3.02. The van der Waals surface area contributed by atoms with E-state index >= 15 is 0 Å². The largest absolute Gasteiger partial charge is 0.372 e. The van der Waals surface area contributed by atoms with E-state index in [1.807, 2.05) is 0 Å². The fourth-order valence-electron chi connectivity index (χ4n) is 3.18. The summed E-state index contributed by atoms with van der Waals surface area (Å²) in [5.74, 6) is 0. The quantitative estimate of drug-likeness (QED) is 0.899. The summed E-state index contributed by atoms with van der Waals surface area (Å²) < 4.78 is 0. The van der Waals surface area contributed by atoms with Crippen molar-refractivity contribution in [2.75, 3.05) is 42.5 Å². The van der Waals surface area contributed by atoms with Crippen molar-refractivity contribution in [1.29, 1.82) is 0 Å². The molecule has 1 unspecified atom stereocenters. The molecule has 104 valence electrons. The van der Waals surface area contributed by atoms with Crippen LogP contribution in [0.15, 0.2) is 24.3 Å². The van der Waals surface area contributed by atoms with Gasteiger partial charge in [-0.15, -0.1) is 0 Å². The number of anilines is 2. The second kappa shape index (κ2) is 5.83. The first kappa shape index (κ1) is 12.8. The van der Waals surface area contributed by atoms with Crippen LogP contribution in [0, 0.1) is 0 Å². The standard InChI is InChI=1S/C16H25N3/c1-2-14-13-19(12-9-17-14)16-7-5-15(6-8-16)18-10-3-4-11-18/h5-8,14,17H,2-4,9-13H2,1H3. The van der Waals surface area contributed by atoms with Gasteiger partial charge in [0.2, 0.25) is 0 Å². The van der Waals surface area contributed by atoms with Crippen LogP contribution in [0.1, 0.15) is 26.2 Å². The molecule has 2 fully saturated rings. The van der Waals surface area contributed by atoms with E-state index in [0.29, 0.717) is 6.04 Å². The SMILES string of the molecule is CCC1CN(c2ccc(N3CCCC3)cc2)CCN1. The summed E-state index contributed by atoms with van der Waals surface area (Å²) in [5, 5.41) is 3.57. The molecule has 0 spiro atoms. The van der Waals surface area contributed by atoms with Gasteiger partial charge in [-0.2, -0.15) is 0 Å². The minimum atomic E-state index is 0.645. The molecular weight excluding hydrogens is 234 g/mol. The van der Waals surface area contributed by atoms with E-state index in [1.54, 1.807) is 0 Å². The third-order valence-corrected chi connectivity index (χ3v) is 4.43. The van der Waals surface area contributed by atoms with Gasteiger partial charge >= 0.3 is 0 Å². The highest BCUT2D eigenvalue weighted by molar-refractivity contribution is 5.57. The monoisotopic (exact) mass is 259 g/mol. The number of piperazine rings is 1. The summed E-state index contributed by atoms with van der Waals surface area (Å²) in [4.78, 5) is 5.01. The van der Waals surface area contributed by atoms with Crippen LogP contribution in [0.2, 0.25) is 0 Å². The van der Waals surface area contributed by atoms with Crippen LogP contribution in [-0.2, 0) is 0 Å². The average molecular weight is 259 g/mol. The smallest absolute Gasteiger partial charge is 0.0368 e. The summed E-state index contributed by atoms with van der Waals surface area (Å²) >= 11 is 0. The molecule has 0 amide bonds. The predicted molar refractivity (Wildman–Crippen MR) is 82.2 cm³/mol. The van der Waals surface area contributed by atoms with Gasteiger partial charge in [-0.05, 0) is 43.5 Å². The van der Waals surface area contributed by atoms with Crippen molar-refractivity contribution < 1.29 is 0 Å². The molecular formula is C16H25N3. The lowest BCUT2D eigenvalue weighted by Crippen LogP contribution is -2.50. The van der Waals surface area contributed by atoms with Gasteiger partial charge in [0.25, 0.3) is 0 Å². The van der Waals surface area contributed by atoms with Crippen molar-refractivity contribution in [2.24, 2.45) is 0 Å². The van der Waals surface area contributed by atoms with Crippen molar-refractivity contribution in [3.63, 3.8) is 0 Å². The Bertz CT molecular complexity index is 395. The molecule has 1 N–H and O–H groups in total. The molecule has 0 bridgehead atoms. The molecule has 0 aromatic heterocycles. The highest BCUT2D eigenvalue weighted by atomic mass is 15.2. The summed E-state index contributed by atoms with van der Waals surface area (Å²) in [5.41, 5.74) is 2.77. The Morgan fingerprint density at radius 1 is 1.00 bits per heavy atom. The molecule has 3 heteroatoms. The van der Waals surface area contributed by atoms with Crippen LogP contribution in [0.3, 0.4) is 0 Å². The maximum absolute atomic E-state index is 3.57. The van der Waals surface area contributed by atoms with Crippen molar-refractivity contribution in [3.8, 4) is 0 Å². The number of hydrogen-bond acceptors (Lipinski definition) is 3. The third kappa shape index (κ3) is 2.86. The van der Waals surface area contributed by atoms with Crippen molar-refractivity contribution in [1.82, 2.24) is 5.32 Å². The highest BCUT2D eigenvalue weighted by Crippen LogP contribution is 2.24. The highest BCUT2D eigenvalue weighted by Gasteiger charge is 2.18. The summed E-state index contributed by atoms with van der Waals surface area (Å²) in [7, 11) is 0. The molecule has 3 rings (SSSR count). The van der Waals surface area contributed by atoms with Gasteiger partial charge in [-0.1, -0.05) is 6.92 Å². The van der Waals surface area contributed by atoms with E-state index in [2.05, 4.69) is 46.3 Å². The number of nitrogens with zero attached hydrogens (tertiary/aromatic N) is 2. The third-order valence-electron chi connectivity index (χ3n) is 4.43. The molecule has 0 saturated carbocycles. The summed E-state index contributed by atoms with van der Waals surface area (Å²) in [6.45, 7) is 8.08. The molecule has 2 saturated heterocycles. The second-order valence-electron chi connectivity index (χ2n) is 5.72. The molecule has 3 nitrogen and oxygen atoms in total. The van der Waals surface area contributed by atoms with Crippen molar-refractivity contribution in [3.05, 3.63) is 24.3 Å². The van der Waals surface area contributed by atoms with Gasteiger partial charge in [0, 0.05) is 50.1 Å². The first-order valence-corrected chi connectivity index (χ1v) is 7.70. The van der Waals surface area contributed by atoms with Crippen LogP contribution in [-0.4, -0.2) is 38.8 Å². The van der Waals surface area contributed by atoms with Crippen LogP contribution < -0.4 is 15.1 Å². The molecule has 1 aromatic carbocycles. The summed E-state index contributed by atoms with van der Waals surface area (Å²) in [6, 6.07) is 9.83. The molecule has 1 atom stereocenters. The zero-order chi connectivity index (χ0) is 13.1. The number of nitrogens with one attached hydrogen (secondary N) is 1. The first-order chi connectivity index (χ1) is 9.36. The Balaban J connectivity index is 1.67. The normalized spacial score (nSPS) is 23.9. The van der Waals surface area contributed by atoms with Crippen LogP contribution in [0.5, 0.6) is 0 Å². The van der Waals surface area contributed by atoms with Gasteiger partial charge in [-0.3, -0.25) is 0 Å². The molecule has 2 aliphatic rings. The zero-order valence-corrected chi connectivity index (χ0v) is 11.9. The minimum Gasteiger partial charge on any atom is -0.372 e. The Kier molecular flexibility index (Phi) is 3.92. The molecule has 0 radical (unpaired) electrons. The van der Waals surface area contributed by atoms with Crippen LogP contribution in [0.25, 0.3) is 0 Å². The van der Waals surface area contributed by atoms with Gasteiger partial charge in [0.1, 0.15) is 0 Å². The van der Waals surface area contributed by atoms with Crippen LogP contribution in [0.4, 0.5) is 11.4 Å². The predicted octanol–water partition coefficient (Wildman–Crippen LogP) is 2.48. The van der Waals surface area contributed by atoms with E-state index in [9.17, 15) is 0 Å². The Hall–Kier alpha value is -1.22. The number of hydrogen-bond donors (Lipinski definition) is 1. The fraction of sp³-hybridized carbons (Fsp3) is 0.625. The lowest BCUT2D eigenvalue weighted by Gasteiger charge is -2.35. The lowest BCUT2D eigenvalue weighted by molar-refractivity contribution is 0.447. The molecule has 19 heavy (non-hydrogen) atoms. The minimum absolute atomic E-state index is 0.645.